The first kappa shape index (κ1) is 20.7. The van der Waals surface area contributed by atoms with Gasteiger partial charge in [0.2, 0.25) is 0 Å². The van der Waals surface area contributed by atoms with E-state index < -0.39 is 0 Å². The van der Waals surface area contributed by atoms with Crippen LogP contribution >= 0.6 is 0 Å². The van der Waals surface area contributed by atoms with E-state index >= 15 is 0 Å². The smallest absolute Gasteiger partial charge is 0.306 e. The number of benzene rings is 2. The number of hydrogen-bond donors (Lipinski definition) is 0. The number of carbonyl (C=O) groups is 2. The number of amides is 1. The lowest BCUT2D eigenvalue weighted by Gasteiger charge is -2.22. The molecule has 0 aromatic heterocycles. The molecule has 2 aromatic rings. The Morgan fingerprint density at radius 3 is 2.38 bits per heavy atom. The number of hydrogen-bond acceptors (Lipinski definition) is 5. The third kappa shape index (κ3) is 5.98. The molecule has 6 heteroatoms. The lowest BCUT2D eigenvalue weighted by molar-refractivity contribution is -0.152. The molecule has 29 heavy (non-hydrogen) atoms. The van der Waals surface area contributed by atoms with Gasteiger partial charge in [-0.2, -0.15) is 0 Å². The minimum atomic E-state index is -0.385. The van der Waals surface area contributed by atoms with Crippen molar-refractivity contribution in [3.05, 3.63) is 59.7 Å². The van der Waals surface area contributed by atoms with Crippen LogP contribution in [0.4, 0.5) is 0 Å². The molecule has 154 valence electrons. The lowest BCUT2D eigenvalue weighted by Crippen LogP contribution is -2.36. The summed E-state index contributed by atoms with van der Waals surface area (Å²) in [5.41, 5.74) is 1.96. The Morgan fingerprint density at radius 1 is 1.00 bits per heavy atom. The molecule has 0 bridgehead atoms. The van der Waals surface area contributed by atoms with Gasteiger partial charge in [-0.15, -0.1) is 0 Å². The average Bonchev–Trinajstić information content (AvgIpc) is 3.60. The molecule has 0 atom stereocenters. The molecular weight excluding hydrogens is 370 g/mol. The SMILES string of the molecule is COc1ccc(CN(C(=O)COC(=O)CCc2ccccc2OC)C2CC2)cc1. The van der Waals surface area contributed by atoms with Crippen molar-refractivity contribution in [1.82, 2.24) is 4.90 Å². The third-order valence-electron chi connectivity index (χ3n) is 4.97. The summed E-state index contributed by atoms with van der Waals surface area (Å²) < 4.78 is 15.7. The highest BCUT2D eigenvalue weighted by Gasteiger charge is 2.32. The molecule has 0 unspecified atom stereocenters. The summed E-state index contributed by atoms with van der Waals surface area (Å²) in [4.78, 5) is 26.5. The van der Waals surface area contributed by atoms with Gasteiger partial charge in [0.05, 0.1) is 14.2 Å². The van der Waals surface area contributed by atoms with Crippen LogP contribution in [0.2, 0.25) is 0 Å². The van der Waals surface area contributed by atoms with E-state index in [0.29, 0.717) is 13.0 Å². The monoisotopic (exact) mass is 397 g/mol. The molecule has 6 nitrogen and oxygen atoms in total. The predicted octanol–water partition coefficient (Wildman–Crippen LogP) is 3.37. The molecule has 0 heterocycles. The molecule has 3 rings (SSSR count). The number of methoxy groups -OCH3 is 2. The molecule has 0 N–H and O–H groups in total. The van der Waals surface area contributed by atoms with Gasteiger partial charge in [-0.05, 0) is 48.6 Å². The van der Waals surface area contributed by atoms with E-state index in [1.165, 1.54) is 0 Å². The lowest BCUT2D eigenvalue weighted by atomic mass is 10.1. The average molecular weight is 397 g/mol. The molecule has 0 saturated heterocycles. The number of para-hydroxylation sites is 1. The molecule has 0 aliphatic heterocycles. The summed E-state index contributed by atoms with van der Waals surface area (Å²) in [5, 5.41) is 0. The van der Waals surface area contributed by atoms with E-state index in [1.54, 1.807) is 19.1 Å². The van der Waals surface area contributed by atoms with Crippen molar-refractivity contribution in [3.8, 4) is 11.5 Å². The first-order valence-corrected chi connectivity index (χ1v) is 9.80. The highest BCUT2D eigenvalue weighted by molar-refractivity contribution is 5.81. The Kier molecular flexibility index (Phi) is 7.11. The zero-order chi connectivity index (χ0) is 20.6. The summed E-state index contributed by atoms with van der Waals surface area (Å²) in [7, 11) is 3.22. The van der Waals surface area contributed by atoms with Crippen molar-refractivity contribution in [3.63, 3.8) is 0 Å². The molecule has 2 aromatic carbocycles. The van der Waals surface area contributed by atoms with E-state index in [4.69, 9.17) is 14.2 Å². The first-order chi connectivity index (χ1) is 14.1. The molecule has 1 amide bonds. The molecule has 1 aliphatic rings. The van der Waals surface area contributed by atoms with Gasteiger partial charge in [0.15, 0.2) is 6.61 Å². The number of nitrogens with zero attached hydrogens (tertiary/aromatic N) is 1. The van der Waals surface area contributed by atoms with Gasteiger partial charge in [0.1, 0.15) is 11.5 Å². The van der Waals surface area contributed by atoms with Gasteiger partial charge in [0.25, 0.3) is 5.91 Å². The van der Waals surface area contributed by atoms with Crippen LogP contribution < -0.4 is 9.47 Å². The van der Waals surface area contributed by atoms with Crippen LogP contribution in [0.1, 0.15) is 30.4 Å². The van der Waals surface area contributed by atoms with E-state index in [1.807, 2.05) is 48.5 Å². The summed E-state index contributed by atoms with van der Waals surface area (Å²) in [6, 6.07) is 15.4. The predicted molar refractivity (Wildman–Crippen MR) is 109 cm³/mol. The Morgan fingerprint density at radius 2 is 1.72 bits per heavy atom. The number of ether oxygens (including phenoxy) is 3. The highest BCUT2D eigenvalue weighted by Crippen LogP contribution is 2.29. The zero-order valence-electron chi connectivity index (χ0n) is 16.9. The van der Waals surface area contributed by atoms with E-state index in [9.17, 15) is 9.59 Å². The van der Waals surface area contributed by atoms with Crippen molar-refractivity contribution in [2.24, 2.45) is 0 Å². The van der Waals surface area contributed by atoms with E-state index in [-0.39, 0.29) is 30.9 Å². The second-order valence-corrected chi connectivity index (χ2v) is 7.07. The van der Waals surface area contributed by atoms with Gasteiger partial charge in [-0.3, -0.25) is 9.59 Å². The fourth-order valence-corrected chi connectivity index (χ4v) is 3.18. The van der Waals surface area contributed by atoms with E-state index in [0.717, 1.165) is 35.5 Å². The normalized spacial score (nSPS) is 12.9. The molecular formula is C23H27NO5. The van der Waals surface area contributed by atoms with Gasteiger partial charge < -0.3 is 19.1 Å². The van der Waals surface area contributed by atoms with Gasteiger partial charge in [-0.1, -0.05) is 30.3 Å². The maximum Gasteiger partial charge on any atom is 0.306 e. The van der Waals surface area contributed by atoms with Gasteiger partial charge in [-0.25, -0.2) is 0 Å². The summed E-state index contributed by atoms with van der Waals surface area (Å²) in [6.45, 7) is 0.281. The summed E-state index contributed by atoms with van der Waals surface area (Å²) in [5.74, 6) is 0.983. The van der Waals surface area contributed by atoms with Gasteiger partial charge >= 0.3 is 5.97 Å². The van der Waals surface area contributed by atoms with Crippen LogP contribution in [0.15, 0.2) is 48.5 Å². The minimum absolute atomic E-state index is 0.158. The standard InChI is InChI=1S/C23H27NO5/c1-27-20-12-7-17(8-13-20)15-24(19-10-11-19)22(25)16-29-23(26)14-9-18-5-3-4-6-21(18)28-2/h3-8,12-13,19H,9-11,14-16H2,1-2H3. The van der Waals surface area contributed by atoms with Crippen molar-refractivity contribution in [2.45, 2.75) is 38.3 Å². The van der Waals surface area contributed by atoms with Crippen LogP contribution in [-0.4, -0.2) is 43.6 Å². The van der Waals surface area contributed by atoms with Crippen LogP contribution in [0.5, 0.6) is 11.5 Å². The fourth-order valence-electron chi connectivity index (χ4n) is 3.18. The van der Waals surface area contributed by atoms with Crippen LogP contribution in [0, 0.1) is 0 Å². The maximum absolute atomic E-state index is 12.6. The molecule has 1 saturated carbocycles. The number of carbonyl (C=O) groups excluding carboxylic acids is 2. The zero-order valence-corrected chi connectivity index (χ0v) is 16.9. The van der Waals surface area contributed by atoms with Crippen molar-refractivity contribution >= 4 is 11.9 Å². The van der Waals surface area contributed by atoms with Crippen LogP contribution in [0.25, 0.3) is 0 Å². The third-order valence-corrected chi connectivity index (χ3v) is 4.97. The number of esters is 1. The summed E-state index contributed by atoms with van der Waals surface area (Å²) >= 11 is 0. The second-order valence-electron chi connectivity index (χ2n) is 7.07. The fraction of sp³-hybridized carbons (Fsp3) is 0.391. The van der Waals surface area contributed by atoms with Crippen LogP contribution in [-0.2, 0) is 27.3 Å². The van der Waals surface area contributed by atoms with E-state index in [2.05, 4.69) is 0 Å². The Hall–Kier alpha value is -3.02. The highest BCUT2D eigenvalue weighted by atomic mass is 16.5. The number of aryl methyl sites for hydroxylation is 1. The minimum Gasteiger partial charge on any atom is -0.497 e. The molecule has 0 radical (unpaired) electrons. The van der Waals surface area contributed by atoms with Crippen LogP contribution in [0.3, 0.4) is 0 Å². The Bertz CT molecular complexity index is 829. The molecule has 1 aliphatic carbocycles. The quantitative estimate of drug-likeness (QED) is 0.575. The van der Waals surface area contributed by atoms with Crippen molar-refractivity contribution in [1.29, 1.82) is 0 Å². The van der Waals surface area contributed by atoms with Gasteiger partial charge in [0, 0.05) is 19.0 Å². The second kappa shape index (κ2) is 9.96. The molecule has 1 fully saturated rings. The van der Waals surface area contributed by atoms with Crippen molar-refractivity contribution in [2.75, 3.05) is 20.8 Å². The maximum atomic E-state index is 12.6. The number of rotatable bonds is 10. The van der Waals surface area contributed by atoms with Crippen molar-refractivity contribution < 1.29 is 23.8 Å². The Labute approximate surface area is 171 Å². The topological polar surface area (TPSA) is 65.1 Å². The largest absolute Gasteiger partial charge is 0.497 e. The Balaban J connectivity index is 1.49. The summed E-state index contributed by atoms with van der Waals surface area (Å²) in [6.07, 6.45) is 2.69. The first-order valence-electron chi connectivity index (χ1n) is 9.80. The molecule has 0 spiro atoms.